The van der Waals surface area contributed by atoms with E-state index >= 15 is 0 Å². The van der Waals surface area contributed by atoms with Gasteiger partial charge in [-0.25, -0.2) is 0 Å². The van der Waals surface area contributed by atoms with Gasteiger partial charge in [-0.05, 0) is 36.4 Å². The molecule has 0 saturated heterocycles. The Morgan fingerprint density at radius 2 is 1.71 bits per heavy atom. The van der Waals surface area contributed by atoms with Crippen molar-refractivity contribution in [2.75, 3.05) is 12.4 Å². The first-order valence-electron chi connectivity index (χ1n) is 6.25. The number of ether oxygens (including phenoxy) is 1. The molecule has 0 aliphatic carbocycles. The molecule has 0 amide bonds. The number of halogens is 1. The lowest BCUT2D eigenvalue weighted by Gasteiger charge is -2.03. The first-order chi connectivity index (χ1) is 10.2. The Morgan fingerprint density at radius 1 is 1.00 bits per heavy atom. The summed E-state index contributed by atoms with van der Waals surface area (Å²) in [5.74, 6) is 0.827. The molecule has 3 rings (SSSR count). The maximum atomic E-state index is 5.13. The molecular formula is C15H12BrN3OS. The van der Waals surface area contributed by atoms with Gasteiger partial charge in [-0.15, -0.1) is 10.2 Å². The minimum Gasteiger partial charge on any atom is -0.497 e. The van der Waals surface area contributed by atoms with Crippen LogP contribution in [0.25, 0.3) is 10.6 Å². The molecule has 2 aromatic carbocycles. The zero-order valence-electron chi connectivity index (χ0n) is 11.2. The molecule has 0 bridgehead atoms. The zero-order chi connectivity index (χ0) is 14.7. The highest BCUT2D eigenvalue weighted by atomic mass is 79.9. The van der Waals surface area contributed by atoms with Crippen molar-refractivity contribution < 1.29 is 4.74 Å². The van der Waals surface area contributed by atoms with Crippen LogP contribution in [0.2, 0.25) is 0 Å². The standard InChI is InChI=1S/C15H12BrN3OS/c1-20-13-8-6-12(7-9-13)17-15-19-18-14(21-15)10-2-4-11(16)5-3-10/h2-9H,1H3,(H,17,19). The van der Waals surface area contributed by atoms with E-state index in [0.29, 0.717) is 0 Å². The Balaban J connectivity index is 1.76. The number of nitrogens with zero attached hydrogens (tertiary/aromatic N) is 2. The normalized spacial score (nSPS) is 10.4. The third-order valence-corrected chi connectivity index (χ3v) is 4.27. The second kappa shape index (κ2) is 6.24. The lowest BCUT2D eigenvalue weighted by atomic mass is 10.2. The number of rotatable bonds is 4. The van der Waals surface area contributed by atoms with Gasteiger partial charge in [0.05, 0.1) is 7.11 Å². The third-order valence-electron chi connectivity index (χ3n) is 2.86. The van der Waals surface area contributed by atoms with E-state index in [1.54, 1.807) is 7.11 Å². The summed E-state index contributed by atoms with van der Waals surface area (Å²) in [7, 11) is 1.65. The van der Waals surface area contributed by atoms with E-state index in [1.165, 1.54) is 11.3 Å². The summed E-state index contributed by atoms with van der Waals surface area (Å²) in [4.78, 5) is 0. The topological polar surface area (TPSA) is 47.0 Å². The third kappa shape index (κ3) is 3.40. The van der Waals surface area contributed by atoms with Gasteiger partial charge in [-0.1, -0.05) is 39.4 Å². The molecule has 0 fully saturated rings. The van der Waals surface area contributed by atoms with Gasteiger partial charge in [0.25, 0.3) is 0 Å². The van der Waals surface area contributed by atoms with Crippen molar-refractivity contribution in [3.63, 3.8) is 0 Å². The molecule has 0 aliphatic heterocycles. The quantitative estimate of drug-likeness (QED) is 0.730. The minimum atomic E-state index is 0.762. The minimum absolute atomic E-state index is 0.762. The maximum absolute atomic E-state index is 5.13. The molecule has 21 heavy (non-hydrogen) atoms. The predicted octanol–water partition coefficient (Wildman–Crippen LogP) is 4.72. The zero-order valence-corrected chi connectivity index (χ0v) is 13.6. The van der Waals surface area contributed by atoms with E-state index in [2.05, 4.69) is 31.4 Å². The van der Waals surface area contributed by atoms with Crippen LogP contribution in [0.3, 0.4) is 0 Å². The van der Waals surface area contributed by atoms with Gasteiger partial charge in [0.1, 0.15) is 10.8 Å². The first-order valence-corrected chi connectivity index (χ1v) is 7.86. The Morgan fingerprint density at radius 3 is 2.38 bits per heavy atom. The molecule has 1 heterocycles. The molecule has 106 valence electrons. The molecule has 0 spiro atoms. The summed E-state index contributed by atoms with van der Waals surface area (Å²) in [6, 6.07) is 15.7. The smallest absolute Gasteiger partial charge is 0.210 e. The molecule has 0 atom stereocenters. The van der Waals surface area contributed by atoms with Crippen molar-refractivity contribution in [2.45, 2.75) is 0 Å². The van der Waals surface area contributed by atoms with Gasteiger partial charge >= 0.3 is 0 Å². The fourth-order valence-electron chi connectivity index (χ4n) is 1.78. The molecule has 6 heteroatoms. The highest BCUT2D eigenvalue weighted by molar-refractivity contribution is 9.10. The molecule has 1 N–H and O–H groups in total. The van der Waals surface area contributed by atoms with E-state index in [9.17, 15) is 0 Å². The number of anilines is 2. The van der Waals surface area contributed by atoms with Crippen LogP contribution in [0.1, 0.15) is 0 Å². The molecule has 0 unspecified atom stereocenters. The van der Waals surface area contributed by atoms with E-state index in [1.807, 2.05) is 48.5 Å². The molecule has 0 saturated carbocycles. The molecule has 1 aromatic heterocycles. The van der Waals surface area contributed by atoms with Crippen LogP contribution in [-0.2, 0) is 0 Å². The summed E-state index contributed by atoms with van der Waals surface area (Å²) in [5.41, 5.74) is 2.01. The number of hydrogen-bond acceptors (Lipinski definition) is 5. The lowest BCUT2D eigenvalue weighted by Crippen LogP contribution is -1.89. The molecule has 0 aliphatic rings. The van der Waals surface area contributed by atoms with Crippen LogP contribution in [0, 0.1) is 0 Å². The summed E-state index contributed by atoms with van der Waals surface area (Å²) < 4.78 is 6.18. The summed E-state index contributed by atoms with van der Waals surface area (Å²) in [6.45, 7) is 0. The lowest BCUT2D eigenvalue weighted by molar-refractivity contribution is 0.415. The first kappa shape index (κ1) is 14.0. The Bertz CT molecular complexity index is 725. The Kier molecular flexibility index (Phi) is 4.17. The van der Waals surface area contributed by atoms with E-state index in [0.717, 1.165) is 31.6 Å². The van der Waals surface area contributed by atoms with Crippen LogP contribution in [0.15, 0.2) is 53.0 Å². The second-order valence-electron chi connectivity index (χ2n) is 4.27. The van der Waals surface area contributed by atoms with Crippen LogP contribution in [0.5, 0.6) is 5.75 Å². The monoisotopic (exact) mass is 361 g/mol. The van der Waals surface area contributed by atoms with E-state index in [-0.39, 0.29) is 0 Å². The van der Waals surface area contributed by atoms with Gasteiger partial charge < -0.3 is 10.1 Å². The Labute approximate surface area is 134 Å². The number of hydrogen-bond donors (Lipinski definition) is 1. The van der Waals surface area contributed by atoms with Crippen molar-refractivity contribution in [2.24, 2.45) is 0 Å². The van der Waals surface area contributed by atoms with Gasteiger partial charge in [0.15, 0.2) is 0 Å². The van der Waals surface area contributed by atoms with Gasteiger partial charge in [-0.3, -0.25) is 0 Å². The predicted molar refractivity (Wildman–Crippen MR) is 89.3 cm³/mol. The highest BCUT2D eigenvalue weighted by Crippen LogP contribution is 2.29. The van der Waals surface area contributed by atoms with Crippen LogP contribution >= 0.6 is 27.3 Å². The average molecular weight is 362 g/mol. The highest BCUT2D eigenvalue weighted by Gasteiger charge is 2.06. The molecule has 4 nitrogen and oxygen atoms in total. The second-order valence-corrected chi connectivity index (χ2v) is 6.17. The van der Waals surface area contributed by atoms with Crippen molar-refractivity contribution in [1.29, 1.82) is 0 Å². The number of nitrogens with one attached hydrogen (secondary N) is 1. The Hall–Kier alpha value is -1.92. The summed E-state index contributed by atoms with van der Waals surface area (Å²) >= 11 is 4.94. The van der Waals surface area contributed by atoms with Crippen molar-refractivity contribution in [3.8, 4) is 16.3 Å². The van der Waals surface area contributed by atoms with Gasteiger partial charge in [-0.2, -0.15) is 0 Å². The van der Waals surface area contributed by atoms with E-state index in [4.69, 9.17) is 4.74 Å². The van der Waals surface area contributed by atoms with Gasteiger partial charge in [0, 0.05) is 15.7 Å². The fourth-order valence-corrected chi connectivity index (χ4v) is 2.81. The van der Waals surface area contributed by atoms with E-state index < -0.39 is 0 Å². The summed E-state index contributed by atoms with van der Waals surface area (Å²) in [6.07, 6.45) is 0. The van der Waals surface area contributed by atoms with Crippen LogP contribution < -0.4 is 10.1 Å². The van der Waals surface area contributed by atoms with Gasteiger partial charge in [0.2, 0.25) is 5.13 Å². The SMILES string of the molecule is COc1ccc(Nc2nnc(-c3ccc(Br)cc3)s2)cc1. The van der Waals surface area contributed by atoms with Crippen molar-refractivity contribution >= 4 is 38.1 Å². The number of methoxy groups -OCH3 is 1. The largest absolute Gasteiger partial charge is 0.497 e. The molecular weight excluding hydrogens is 350 g/mol. The van der Waals surface area contributed by atoms with Crippen molar-refractivity contribution in [3.05, 3.63) is 53.0 Å². The molecule has 0 radical (unpaired) electrons. The molecule has 3 aromatic rings. The summed E-state index contributed by atoms with van der Waals surface area (Å²) in [5, 5.41) is 13.3. The van der Waals surface area contributed by atoms with Crippen molar-refractivity contribution in [1.82, 2.24) is 10.2 Å². The number of benzene rings is 2. The fraction of sp³-hybridized carbons (Fsp3) is 0.0667. The van der Waals surface area contributed by atoms with Crippen LogP contribution in [0.4, 0.5) is 10.8 Å². The maximum Gasteiger partial charge on any atom is 0.210 e. The van der Waals surface area contributed by atoms with Crippen LogP contribution in [-0.4, -0.2) is 17.3 Å². The number of aromatic nitrogens is 2. The average Bonchev–Trinajstić information content (AvgIpc) is 2.97.